The van der Waals surface area contributed by atoms with Gasteiger partial charge in [-0.2, -0.15) is 0 Å². The Labute approximate surface area is 188 Å². The minimum Gasteiger partial charge on any atom is -0.462 e. The van der Waals surface area contributed by atoms with Gasteiger partial charge in [0.2, 0.25) is 0 Å². The lowest BCUT2D eigenvalue weighted by Crippen LogP contribution is -2.48. The molecule has 0 radical (unpaired) electrons. The van der Waals surface area contributed by atoms with Crippen molar-refractivity contribution >= 4 is 27.9 Å². The summed E-state index contributed by atoms with van der Waals surface area (Å²) in [5.74, 6) is 0.903. The Balaban J connectivity index is 0.00000155. The molecule has 3 unspecified atom stereocenters. The highest BCUT2D eigenvalue weighted by atomic mass is 79.9. The number of rotatable bonds is 7. The van der Waals surface area contributed by atoms with Crippen molar-refractivity contribution in [3.8, 4) is 0 Å². The second kappa shape index (κ2) is 11.3. The first-order chi connectivity index (χ1) is 14.4. The molecule has 168 valence electrons. The predicted molar refractivity (Wildman–Crippen MR) is 119 cm³/mol. The van der Waals surface area contributed by atoms with Crippen LogP contribution in [0.2, 0.25) is 0 Å². The first-order valence-electron chi connectivity index (χ1n) is 10.7. The van der Waals surface area contributed by atoms with Gasteiger partial charge in [-0.25, -0.2) is 9.59 Å². The molecule has 0 bridgehead atoms. The summed E-state index contributed by atoms with van der Waals surface area (Å²) in [5, 5.41) is 11.5. The van der Waals surface area contributed by atoms with Crippen molar-refractivity contribution in [1.82, 2.24) is 0 Å². The van der Waals surface area contributed by atoms with E-state index in [4.69, 9.17) is 9.47 Å². The van der Waals surface area contributed by atoms with Crippen molar-refractivity contribution in [2.45, 2.75) is 50.7 Å². The van der Waals surface area contributed by atoms with Crippen molar-refractivity contribution in [2.24, 2.45) is 5.92 Å². The van der Waals surface area contributed by atoms with Crippen LogP contribution in [0.5, 0.6) is 0 Å². The number of alkyl halides is 1. The molecule has 0 amide bonds. The van der Waals surface area contributed by atoms with Crippen LogP contribution >= 0.6 is 15.9 Å². The molecule has 7 heteroatoms. The number of nitrogens with zero attached hydrogens (tertiary/aromatic N) is 1. The van der Waals surface area contributed by atoms with E-state index in [2.05, 4.69) is 15.9 Å². The fraction of sp³-hybridized carbons (Fsp3) is 0.652. The number of halogens is 1. The molecule has 3 atom stereocenters. The maximum absolute atomic E-state index is 13.2. The number of aliphatic hydroxyl groups is 1. The fourth-order valence-corrected chi connectivity index (χ4v) is 4.69. The quantitative estimate of drug-likeness (QED) is 0.364. The molecule has 1 aliphatic heterocycles. The van der Waals surface area contributed by atoms with E-state index in [9.17, 15) is 14.7 Å². The second-order valence-corrected chi connectivity index (χ2v) is 8.42. The van der Waals surface area contributed by atoms with Crippen LogP contribution in [-0.4, -0.2) is 66.8 Å². The highest BCUT2D eigenvalue weighted by Crippen LogP contribution is 2.42. The van der Waals surface area contributed by atoms with E-state index in [0.29, 0.717) is 29.6 Å². The summed E-state index contributed by atoms with van der Waals surface area (Å²) in [6, 6.07) is 9.15. The second-order valence-electron chi connectivity index (χ2n) is 8.42. The molecule has 1 aromatic carbocycles. The number of likely N-dealkylation sites (tertiary alicyclic amines) is 1. The number of esters is 2. The third-order valence-corrected chi connectivity index (χ3v) is 6.20. The molecule has 3 rings (SSSR count). The number of quaternary nitrogens is 1. The molecule has 1 N–H and O–H groups in total. The third-order valence-electron chi connectivity index (χ3n) is 6.20. The topological polar surface area (TPSA) is 72.8 Å². The Kier molecular flexibility index (Phi) is 9.31. The number of hydrogen-bond acceptors (Lipinski definition) is 5. The van der Waals surface area contributed by atoms with Crippen LogP contribution in [0.4, 0.5) is 0 Å². The van der Waals surface area contributed by atoms with E-state index in [0.717, 1.165) is 32.2 Å². The number of carbonyl (C=O) groups excluding carboxylic acids is 2. The van der Waals surface area contributed by atoms with Gasteiger partial charge in [-0.1, -0.05) is 59.1 Å². The van der Waals surface area contributed by atoms with Crippen LogP contribution in [0.25, 0.3) is 0 Å². The van der Waals surface area contributed by atoms with Crippen molar-refractivity contribution in [1.29, 1.82) is 0 Å². The number of benzene rings is 1. The lowest BCUT2D eigenvalue weighted by Gasteiger charge is -2.33. The molecule has 1 heterocycles. The monoisotopic (exact) mass is 484 g/mol. The standard InChI is InChI=1S/C22H32NO5.CH3Br/c1-3-27-20(24)16-23(2)14-13-19(15-23)28-21(25)22(26,18-11-7-8-12-18)17-9-5-4-6-10-17;1-2/h4-6,9-10,18-19,26H,3,7-8,11-16H2,1-2H3;1H3/q+1;. The maximum Gasteiger partial charge on any atom is 0.361 e. The first kappa shape index (κ1) is 24.8. The SMILES string of the molecule is CBr.CCOC(=O)C[N+]1(C)CCC(OC(=O)C(O)(c2ccccc2)C2CCCC2)C1. The highest BCUT2D eigenvalue weighted by molar-refractivity contribution is 9.08. The molecule has 1 saturated carbocycles. The Morgan fingerprint density at radius 3 is 2.40 bits per heavy atom. The van der Waals surface area contributed by atoms with Gasteiger partial charge in [-0.3, -0.25) is 0 Å². The summed E-state index contributed by atoms with van der Waals surface area (Å²) in [6.45, 7) is 3.72. The molecule has 2 fully saturated rings. The fourth-order valence-electron chi connectivity index (χ4n) is 4.69. The van der Waals surface area contributed by atoms with Gasteiger partial charge in [0.15, 0.2) is 18.2 Å². The number of ether oxygens (including phenoxy) is 2. The number of carbonyl (C=O) groups is 2. The largest absolute Gasteiger partial charge is 0.462 e. The Morgan fingerprint density at radius 2 is 1.80 bits per heavy atom. The zero-order chi connectivity index (χ0) is 22.2. The molecule has 6 nitrogen and oxygen atoms in total. The van der Waals surface area contributed by atoms with E-state index in [1.807, 2.05) is 31.1 Å². The number of likely N-dealkylation sites (N-methyl/N-ethyl adjacent to an activating group) is 1. The van der Waals surface area contributed by atoms with E-state index >= 15 is 0 Å². The van der Waals surface area contributed by atoms with Crippen molar-refractivity contribution < 1.29 is 28.7 Å². The normalized spacial score (nSPS) is 25.7. The van der Waals surface area contributed by atoms with Crippen LogP contribution in [0.15, 0.2) is 30.3 Å². The Morgan fingerprint density at radius 1 is 1.17 bits per heavy atom. The molecule has 0 aromatic heterocycles. The van der Waals surface area contributed by atoms with Crippen molar-refractivity contribution in [3.05, 3.63) is 35.9 Å². The predicted octanol–water partition coefficient (Wildman–Crippen LogP) is 3.40. The Bertz CT molecular complexity index is 694. The van der Waals surface area contributed by atoms with Gasteiger partial charge in [-0.05, 0) is 31.2 Å². The van der Waals surface area contributed by atoms with Gasteiger partial charge in [0.1, 0.15) is 6.54 Å². The lowest BCUT2D eigenvalue weighted by atomic mass is 9.80. The molecule has 0 spiro atoms. The van der Waals surface area contributed by atoms with Crippen LogP contribution in [0.3, 0.4) is 0 Å². The van der Waals surface area contributed by atoms with Crippen LogP contribution in [0, 0.1) is 5.92 Å². The third kappa shape index (κ3) is 5.83. The molecule has 1 saturated heterocycles. The van der Waals surface area contributed by atoms with Crippen LogP contribution in [0.1, 0.15) is 44.6 Å². The smallest absolute Gasteiger partial charge is 0.361 e. The van der Waals surface area contributed by atoms with Gasteiger partial charge >= 0.3 is 11.9 Å². The molecular formula is C23H35BrNO5+. The molecule has 2 aliphatic rings. The summed E-state index contributed by atoms with van der Waals surface area (Å²) in [5.41, 5.74) is -1.00. The minimum absolute atomic E-state index is 0.121. The van der Waals surface area contributed by atoms with Gasteiger partial charge < -0.3 is 19.1 Å². The van der Waals surface area contributed by atoms with E-state index in [-0.39, 0.29) is 24.5 Å². The molecular weight excluding hydrogens is 450 g/mol. The minimum atomic E-state index is -1.61. The van der Waals surface area contributed by atoms with Gasteiger partial charge in [0.25, 0.3) is 0 Å². The lowest BCUT2D eigenvalue weighted by molar-refractivity contribution is -0.891. The van der Waals surface area contributed by atoms with E-state index in [1.165, 1.54) is 0 Å². The average Bonchev–Trinajstić information content (AvgIpc) is 3.40. The summed E-state index contributed by atoms with van der Waals surface area (Å²) < 4.78 is 11.4. The van der Waals surface area contributed by atoms with Crippen molar-refractivity contribution in [3.63, 3.8) is 0 Å². The average molecular weight is 485 g/mol. The highest BCUT2D eigenvalue weighted by Gasteiger charge is 2.50. The number of hydrogen-bond donors (Lipinski definition) is 1. The zero-order valence-corrected chi connectivity index (χ0v) is 19.9. The zero-order valence-electron chi connectivity index (χ0n) is 18.3. The van der Waals surface area contributed by atoms with Crippen LogP contribution < -0.4 is 0 Å². The molecule has 1 aliphatic carbocycles. The summed E-state index contributed by atoms with van der Waals surface area (Å²) in [6.07, 6.45) is 4.06. The molecule has 1 aromatic rings. The maximum atomic E-state index is 13.2. The summed E-state index contributed by atoms with van der Waals surface area (Å²) >= 11 is 2.94. The summed E-state index contributed by atoms with van der Waals surface area (Å²) in [4.78, 5) is 25.0. The van der Waals surface area contributed by atoms with E-state index in [1.54, 1.807) is 19.1 Å². The van der Waals surface area contributed by atoms with Crippen molar-refractivity contribution in [2.75, 3.05) is 39.1 Å². The van der Waals surface area contributed by atoms with Gasteiger partial charge in [0.05, 0.1) is 20.2 Å². The summed E-state index contributed by atoms with van der Waals surface area (Å²) in [7, 11) is 1.98. The van der Waals surface area contributed by atoms with Gasteiger partial charge in [-0.15, -0.1) is 0 Å². The van der Waals surface area contributed by atoms with Gasteiger partial charge in [0, 0.05) is 12.3 Å². The van der Waals surface area contributed by atoms with E-state index < -0.39 is 11.6 Å². The first-order valence-corrected chi connectivity index (χ1v) is 12.3. The molecule has 30 heavy (non-hydrogen) atoms. The Hall–Kier alpha value is -1.44. The van der Waals surface area contributed by atoms with Crippen LogP contribution in [-0.2, 0) is 24.7 Å².